The Kier molecular flexibility index (Phi) is 10.3. The van der Waals surface area contributed by atoms with Crippen molar-refractivity contribution in [2.45, 2.75) is 63.5 Å². The van der Waals surface area contributed by atoms with E-state index in [1.807, 2.05) is 0 Å². The Morgan fingerprint density at radius 2 is 0.895 bits per heavy atom. The standard InChI is InChI=1S/C29H29N5.3ClH.Co/c1-2-11-20(10-1)33-26-18-7-5-14-22(26)31-28(33)24-16-9-17-25(30-24)29-32-23-15-6-8-19-27(23)34(29)21-12-3-4-13-21;;;;/h5-9,14-21H,1-4,10-13H2;3*1H;/q;;;;+3/p-3. The van der Waals surface area contributed by atoms with E-state index >= 15 is 0 Å². The van der Waals surface area contributed by atoms with Gasteiger partial charge in [-0.15, -0.1) is 0 Å². The molecule has 0 spiro atoms. The number of nitrogens with zero attached hydrogens (tertiary/aromatic N) is 5. The number of aromatic nitrogens is 5. The summed E-state index contributed by atoms with van der Waals surface area (Å²) < 4.78 is 4.91. The summed E-state index contributed by atoms with van der Waals surface area (Å²) >= 11 is 0. The average molecular weight is 613 g/mol. The fraction of sp³-hybridized carbons (Fsp3) is 0.345. The number of hydrogen-bond acceptors (Lipinski definition) is 3. The van der Waals surface area contributed by atoms with Gasteiger partial charge in [-0.2, -0.15) is 0 Å². The number of benzene rings is 2. The van der Waals surface area contributed by atoms with Gasteiger partial charge in [0, 0.05) is 12.1 Å². The zero-order valence-electron chi connectivity index (χ0n) is 20.9. The number of rotatable bonds is 4. The fourth-order valence-electron chi connectivity index (χ4n) is 6.20. The molecule has 0 atom stereocenters. The molecule has 2 aliphatic carbocycles. The molecular weight excluding hydrogens is 584 g/mol. The molecule has 0 unspecified atom stereocenters. The number of para-hydroxylation sites is 4. The number of hydrogen-bond donors (Lipinski definition) is 0. The van der Waals surface area contributed by atoms with Gasteiger partial charge in [0.15, 0.2) is 11.6 Å². The van der Waals surface area contributed by atoms with Crippen molar-refractivity contribution in [3.63, 3.8) is 0 Å². The van der Waals surface area contributed by atoms with Crippen LogP contribution in [0, 0.1) is 0 Å². The molecule has 0 N–H and O–H groups in total. The Balaban J connectivity index is 0.000001000. The largest absolute Gasteiger partial charge is 3.00 e. The minimum Gasteiger partial charge on any atom is -1.00 e. The molecule has 0 bridgehead atoms. The van der Waals surface area contributed by atoms with E-state index in [0.29, 0.717) is 12.1 Å². The van der Waals surface area contributed by atoms with E-state index in [-0.39, 0.29) is 54.0 Å². The van der Waals surface area contributed by atoms with Crippen LogP contribution in [-0.2, 0) is 16.8 Å². The summed E-state index contributed by atoms with van der Waals surface area (Å²) in [5.74, 6) is 1.97. The van der Waals surface area contributed by atoms with Crippen molar-refractivity contribution in [2.24, 2.45) is 0 Å². The predicted molar refractivity (Wildman–Crippen MR) is 137 cm³/mol. The molecule has 9 heteroatoms. The van der Waals surface area contributed by atoms with Crippen LogP contribution >= 0.6 is 0 Å². The smallest absolute Gasteiger partial charge is 1.00 e. The van der Waals surface area contributed by atoms with E-state index in [1.54, 1.807) is 0 Å². The van der Waals surface area contributed by atoms with Gasteiger partial charge < -0.3 is 46.4 Å². The van der Waals surface area contributed by atoms with Crippen molar-refractivity contribution in [1.29, 1.82) is 0 Å². The summed E-state index contributed by atoms with van der Waals surface area (Å²) in [5.41, 5.74) is 6.41. The van der Waals surface area contributed by atoms with Crippen molar-refractivity contribution in [3.05, 3.63) is 66.7 Å². The van der Waals surface area contributed by atoms with Crippen LogP contribution in [0.3, 0.4) is 0 Å². The zero-order chi connectivity index (χ0) is 22.5. The van der Waals surface area contributed by atoms with Crippen molar-refractivity contribution in [3.8, 4) is 23.0 Å². The van der Waals surface area contributed by atoms with E-state index in [1.165, 1.54) is 62.4 Å². The van der Waals surface area contributed by atoms with Crippen LogP contribution in [0.5, 0.6) is 0 Å². The van der Waals surface area contributed by atoms with Crippen LogP contribution in [0.1, 0.15) is 63.5 Å². The van der Waals surface area contributed by atoms with Gasteiger partial charge in [0.25, 0.3) is 0 Å². The number of imidazole rings is 2. The quantitative estimate of drug-likeness (QED) is 0.245. The van der Waals surface area contributed by atoms with Gasteiger partial charge in [-0.25, -0.2) is 15.0 Å². The first-order valence-corrected chi connectivity index (χ1v) is 12.8. The molecule has 5 nitrogen and oxygen atoms in total. The topological polar surface area (TPSA) is 48.5 Å². The van der Waals surface area contributed by atoms with Gasteiger partial charge in [0.1, 0.15) is 11.4 Å². The monoisotopic (exact) mass is 611 g/mol. The molecule has 7 rings (SSSR count). The van der Waals surface area contributed by atoms with E-state index in [2.05, 4.69) is 75.9 Å². The number of fused-ring (bicyclic) bond motifs is 2. The second-order valence-electron chi connectivity index (χ2n) is 9.87. The average Bonchev–Trinajstić information content (AvgIpc) is 3.68. The van der Waals surface area contributed by atoms with Crippen molar-refractivity contribution >= 4 is 22.1 Å². The fourth-order valence-corrected chi connectivity index (χ4v) is 6.20. The summed E-state index contributed by atoms with van der Waals surface area (Å²) in [4.78, 5) is 15.4. The molecule has 3 heterocycles. The molecule has 2 fully saturated rings. The molecule has 0 aliphatic heterocycles. The predicted octanol–water partition coefficient (Wildman–Crippen LogP) is -1.65. The third kappa shape index (κ3) is 5.22. The van der Waals surface area contributed by atoms with Gasteiger partial charge in [-0.1, -0.05) is 56.0 Å². The SMILES string of the molecule is [Cl-].[Cl-].[Cl-].[Co+3].c1cc(-c2nc3ccccc3n2C2CCCC2)nc(-c2nc3ccccc3n2C2CCCC2)c1. The summed E-state index contributed by atoms with van der Waals surface area (Å²) in [6.45, 7) is 0. The number of pyridine rings is 1. The molecule has 0 saturated heterocycles. The van der Waals surface area contributed by atoms with Crippen LogP contribution < -0.4 is 37.2 Å². The molecule has 2 aromatic carbocycles. The molecule has 3 aromatic heterocycles. The van der Waals surface area contributed by atoms with E-state index < -0.39 is 0 Å². The Hall–Kier alpha value is -2.09. The van der Waals surface area contributed by atoms with E-state index in [4.69, 9.17) is 15.0 Å². The minimum absolute atomic E-state index is 0. The van der Waals surface area contributed by atoms with Crippen LogP contribution in [-0.4, -0.2) is 24.1 Å². The van der Waals surface area contributed by atoms with Crippen molar-refractivity contribution < 1.29 is 54.0 Å². The summed E-state index contributed by atoms with van der Waals surface area (Å²) in [7, 11) is 0. The van der Waals surface area contributed by atoms with Crippen LogP contribution in [0.25, 0.3) is 45.1 Å². The summed E-state index contributed by atoms with van der Waals surface area (Å²) in [6.07, 6.45) is 10.0. The minimum atomic E-state index is 0. The molecule has 2 saturated carbocycles. The Bertz CT molecular complexity index is 1390. The van der Waals surface area contributed by atoms with Crippen LogP contribution in [0.4, 0.5) is 0 Å². The van der Waals surface area contributed by atoms with Crippen molar-refractivity contribution in [2.75, 3.05) is 0 Å². The Labute approximate surface area is 252 Å². The van der Waals surface area contributed by atoms with Crippen LogP contribution in [0.2, 0.25) is 0 Å². The Morgan fingerprint density at radius 3 is 1.32 bits per heavy atom. The van der Waals surface area contributed by atoms with Gasteiger partial charge in [0.05, 0.1) is 22.1 Å². The maximum Gasteiger partial charge on any atom is 3.00 e. The normalized spacial score (nSPS) is 15.6. The third-order valence-electron chi connectivity index (χ3n) is 7.78. The Morgan fingerprint density at radius 1 is 0.500 bits per heavy atom. The first-order chi connectivity index (χ1) is 16.9. The van der Waals surface area contributed by atoms with E-state index in [0.717, 1.165) is 34.1 Å². The molecular formula is C29H29Cl3CoN5. The first kappa shape index (κ1) is 30.4. The number of halogens is 3. The second kappa shape index (κ2) is 12.8. The van der Waals surface area contributed by atoms with E-state index in [9.17, 15) is 0 Å². The van der Waals surface area contributed by atoms with Crippen molar-refractivity contribution in [1.82, 2.24) is 24.1 Å². The maximum absolute atomic E-state index is 5.20. The van der Waals surface area contributed by atoms with Gasteiger partial charge in [-0.3, -0.25) is 0 Å². The van der Waals surface area contributed by atoms with Gasteiger partial charge >= 0.3 is 16.8 Å². The second-order valence-corrected chi connectivity index (χ2v) is 9.87. The molecule has 200 valence electrons. The maximum atomic E-state index is 5.20. The molecule has 38 heavy (non-hydrogen) atoms. The van der Waals surface area contributed by atoms with Gasteiger partial charge in [-0.05, 0) is 62.1 Å². The molecule has 5 aromatic rings. The molecule has 2 aliphatic rings. The first-order valence-electron chi connectivity index (χ1n) is 12.8. The third-order valence-corrected chi connectivity index (χ3v) is 7.78. The zero-order valence-corrected chi connectivity index (χ0v) is 24.2. The van der Waals surface area contributed by atoms with Gasteiger partial charge in [0.2, 0.25) is 0 Å². The molecule has 0 radical (unpaired) electrons. The summed E-state index contributed by atoms with van der Waals surface area (Å²) in [5, 5.41) is 0. The molecule has 0 amide bonds. The summed E-state index contributed by atoms with van der Waals surface area (Å²) in [6, 6.07) is 24.4. The van der Waals surface area contributed by atoms with Crippen LogP contribution in [0.15, 0.2) is 66.7 Å².